The number of nitrogens with one attached hydrogen (secondary N) is 2. The molecule has 1 aromatic heterocycles. The van der Waals surface area contributed by atoms with Gasteiger partial charge >= 0.3 is 0 Å². The Kier molecular flexibility index (Phi) is 4.37. The predicted molar refractivity (Wildman–Crippen MR) is 89.2 cm³/mol. The fourth-order valence-corrected chi connectivity index (χ4v) is 2.81. The average molecular weight is 278 g/mol. The monoisotopic (exact) mass is 278 g/mol. The van der Waals surface area contributed by atoms with Gasteiger partial charge in [-0.1, -0.05) is 49.7 Å². The van der Waals surface area contributed by atoms with Crippen LogP contribution in [0.15, 0.2) is 60.8 Å². The minimum Gasteiger partial charge on any atom is -0.361 e. The molecule has 108 valence electrons. The summed E-state index contributed by atoms with van der Waals surface area (Å²) in [5, 5.41) is 4.98. The van der Waals surface area contributed by atoms with Crippen LogP contribution in [0.3, 0.4) is 0 Å². The Balaban J connectivity index is 1.71. The molecule has 0 aliphatic heterocycles. The van der Waals surface area contributed by atoms with Gasteiger partial charge in [0.1, 0.15) is 0 Å². The average Bonchev–Trinajstić information content (AvgIpc) is 3.00. The van der Waals surface area contributed by atoms with Crippen molar-refractivity contribution in [3.05, 3.63) is 71.9 Å². The van der Waals surface area contributed by atoms with Crippen molar-refractivity contribution in [2.75, 3.05) is 0 Å². The first-order valence-electron chi connectivity index (χ1n) is 7.71. The van der Waals surface area contributed by atoms with E-state index in [9.17, 15) is 0 Å². The molecule has 2 nitrogen and oxygen atoms in total. The predicted octanol–water partition coefficient (Wildman–Crippen LogP) is 4.80. The van der Waals surface area contributed by atoms with E-state index in [-0.39, 0.29) is 0 Å². The number of hydrogen-bond donors (Lipinski definition) is 2. The Morgan fingerprint density at radius 1 is 1.05 bits per heavy atom. The quantitative estimate of drug-likeness (QED) is 0.666. The van der Waals surface area contributed by atoms with Gasteiger partial charge in [0.2, 0.25) is 0 Å². The van der Waals surface area contributed by atoms with Crippen molar-refractivity contribution in [1.82, 2.24) is 10.3 Å². The van der Waals surface area contributed by atoms with E-state index >= 15 is 0 Å². The van der Waals surface area contributed by atoms with Crippen LogP contribution in [0.2, 0.25) is 0 Å². The van der Waals surface area contributed by atoms with Crippen molar-refractivity contribution in [2.24, 2.45) is 0 Å². The molecule has 1 atom stereocenters. The Hall–Kier alpha value is -2.06. The van der Waals surface area contributed by atoms with E-state index in [1.165, 1.54) is 28.5 Å². The van der Waals surface area contributed by atoms with Crippen LogP contribution in [-0.4, -0.2) is 4.98 Å². The lowest BCUT2D eigenvalue weighted by molar-refractivity contribution is 0.494. The summed E-state index contributed by atoms with van der Waals surface area (Å²) < 4.78 is 0. The zero-order chi connectivity index (χ0) is 14.5. The number of fused-ring (bicyclic) bond motifs is 1. The van der Waals surface area contributed by atoms with Crippen LogP contribution >= 0.6 is 0 Å². The lowest BCUT2D eigenvalue weighted by Crippen LogP contribution is -2.20. The molecule has 3 aromatic rings. The van der Waals surface area contributed by atoms with Gasteiger partial charge in [0.05, 0.1) is 0 Å². The topological polar surface area (TPSA) is 27.8 Å². The van der Waals surface area contributed by atoms with E-state index in [0.717, 1.165) is 13.0 Å². The van der Waals surface area contributed by atoms with Crippen molar-refractivity contribution in [1.29, 1.82) is 0 Å². The number of aromatic nitrogens is 1. The van der Waals surface area contributed by atoms with Crippen LogP contribution in [-0.2, 0) is 6.54 Å². The van der Waals surface area contributed by atoms with Crippen LogP contribution in [0.4, 0.5) is 0 Å². The minimum atomic E-state index is 0.429. The molecule has 0 fully saturated rings. The minimum absolute atomic E-state index is 0.429. The van der Waals surface area contributed by atoms with Gasteiger partial charge in [-0.2, -0.15) is 0 Å². The van der Waals surface area contributed by atoms with Crippen LogP contribution in [0.1, 0.15) is 36.9 Å². The number of H-pyrrole nitrogens is 1. The fraction of sp³-hybridized carbons (Fsp3) is 0.263. The van der Waals surface area contributed by atoms with E-state index < -0.39 is 0 Å². The smallest absolute Gasteiger partial charge is 0.0454 e. The lowest BCUT2D eigenvalue weighted by Gasteiger charge is -2.18. The Morgan fingerprint density at radius 3 is 2.71 bits per heavy atom. The molecule has 0 radical (unpaired) electrons. The maximum absolute atomic E-state index is 3.70. The van der Waals surface area contributed by atoms with Crippen molar-refractivity contribution in [3.8, 4) is 0 Å². The summed E-state index contributed by atoms with van der Waals surface area (Å²) in [5.74, 6) is 0. The zero-order valence-electron chi connectivity index (χ0n) is 12.5. The zero-order valence-corrected chi connectivity index (χ0v) is 12.5. The molecule has 21 heavy (non-hydrogen) atoms. The van der Waals surface area contributed by atoms with Gasteiger partial charge in [-0.05, 0) is 41.1 Å². The van der Waals surface area contributed by atoms with Gasteiger partial charge in [0.15, 0.2) is 0 Å². The third-order valence-corrected chi connectivity index (χ3v) is 3.95. The maximum Gasteiger partial charge on any atom is 0.0454 e. The van der Waals surface area contributed by atoms with Crippen LogP contribution in [0, 0.1) is 0 Å². The van der Waals surface area contributed by atoms with Crippen LogP contribution in [0.25, 0.3) is 10.9 Å². The van der Waals surface area contributed by atoms with E-state index in [1.807, 2.05) is 6.20 Å². The molecule has 1 unspecified atom stereocenters. The van der Waals surface area contributed by atoms with Gasteiger partial charge in [-0.15, -0.1) is 0 Å². The molecule has 2 heteroatoms. The molecule has 3 rings (SSSR count). The number of benzene rings is 2. The molecule has 0 bridgehead atoms. The van der Waals surface area contributed by atoms with Crippen molar-refractivity contribution >= 4 is 10.9 Å². The molecule has 0 amide bonds. The SMILES string of the molecule is CCCC(NCc1ccc2[nH]ccc2c1)c1ccccc1. The molecule has 0 aliphatic rings. The normalized spacial score (nSPS) is 12.6. The van der Waals surface area contributed by atoms with Crippen LogP contribution < -0.4 is 5.32 Å². The summed E-state index contributed by atoms with van der Waals surface area (Å²) in [7, 11) is 0. The van der Waals surface area contributed by atoms with Crippen molar-refractivity contribution < 1.29 is 0 Å². The molecule has 2 aromatic carbocycles. The highest BCUT2D eigenvalue weighted by atomic mass is 14.9. The second kappa shape index (κ2) is 6.59. The summed E-state index contributed by atoms with van der Waals surface area (Å²) in [6.45, 7) is 3.14. The Labute approximate surface area is 126 Å². The summed E-state index contributed by atoms with van der Waals surface area (Å²) in [5.41, 5.74) is 3.91. The summed E-state index contributed by atoms with van der Waals surface area (Å²) in [6.07, 6.45) is 4.34. The summed E-state index contributed by atoms with van der Waals surface area (Å²) in [4.78, 5) is 3.24. The highest BCUT2D eigenvalue weighted by molar-refractivity contribution is 5.79. The highest BCUT2D eigenvalue weighted by Crippen LogP contribution is 2.20. The first-order chi connectivity index (χ1) is 10.4. The standard InChI is InChI=1S/C19H22N2/c1-2-6-18(16-7-4-3-5-8-16)21-14-15-9-10-19-17(13-15)11-12-20-19/h3-5,7-13,18,20-21H,2,6,14H2,1H3. The van der Waals surface area contributed by atoms with Crippen molar-refractivity contribution in [2.45, 2.75) is 32.4 Å². The summed E-state index contributed by atoms with van der Waals surface area (Å²) >= 11 is 0. The lowest BCUT2D eigenvalue weighted by atomic mass is 10.0. The van der Waals surface area contributed by atoms with Gasteiger partial charge < -0.3 is 10.3 Å². The molecule has 0 spiro atoms. The summed E-state index contributed by atoms with van der Waals surface area (Å²) in [6, 6.07) is 19.9. The van der Waals surface area contributed by atoms with E-state index in [1.54, 1.807) is 0 Å². The molecule has 0 saturated heterocycles. The first-order valence-corrected chi connectivity index (χ1v) is 7.71. The fourth-order valence-electron chi connectivity index (χ4n) is 2.81. The van der Waals surface area contributed by atoms with Gasteiger partial charge in [-0.25, -0.2) is 0 Å². The third-order valence-electron chi connectivity index (χ3n) is 3.95. The molecule has 0 saturated carbocycles. The maximum atomic E-state index is 3.70. The largest absolute Gasteiger partial charge is 0.361 e. The van der Waals surface area contributed by atoms with E-state index in [0.29, 0.717) is 6.04 Å². The molecule has 2 N–H and O–H groups in total. The molecular formula is C19H22N2. The van der Waals surface area contributed by atoms with Crippen LogP contribution in [0.5, 0.6) is 0 Å². The molecule has 1 heterocycles. The van der Waals surface area contributed by atoms with E-state index in [2.05, 4.69) is 71.8 Å². The number of hydrogen-bond acceptors (Lipinski definition) is 1. The second-order valence-electron chi connectivity index (χ2n) is 5.53. The van der Waals surface area contributed by atoms with Gasteiger partial charge in [0, 0.05) is 24.3 Å². The first kappa shape index (κ1) is 13.9. The highest BCUT2D eigenvalue weighted by Gasteiger charge is 2.09. The van der Waals surface area contributed by atoms with E-state index in [4.69, 9.17) is 0 Å². The van der Waals surface area contributed by atoms with Crippen molar-refractivity contribution in [3.63, 3.8) is 0 Å². The van der Waals surface area contributed by atoms with Gasteiger partial charge in [0.25, 0.3) is 0 Å². The molecular weight excluding hydrogens is 256 g/mol. The Morgan fingerprint density at radius 2 is 1.90 bits per heavy atom. The number of rotatable bonds is 6. The third kappa shape index (κ3) is 3.34. The number of aromatic amines is 1. The molecule has 0 aliphatic carbocycles. The van der Waals surface area contributed by atoms with Gasteiger partial charge in [-0.3, -0.25) is 0 Å². The Bertz CT molecular complexity index is 685. The second-order valence-corrected chi connectivity index (χ2v) is 5.53.